The van der Waals surface area contributed by atoms with Crippen LogP contribution < -0.4 is 11.1 Å². The molecular formula is C11H14N2O3. The van der Waals surface area contributed by atoms with Crippen LogP contribution in [0.1, 0.15) is 13.3 Å². The predicted octanol–water partition coefficient (Wildman–Crippen LogP) is -0.321. The molecule has 0 saturated heterocycles. The van der Waals surface area contributed by atoms with E-state index >= 15 is 0 Å². The van der Waals surface area contributed by atoms with Crippen LogP contribution in [0.2, 0.25) is 0 Å². The maximum atomic E-state index is 11.7. The van der Waals surface area contributed by atoms with Crippen LogP contribution in [0, 0.1) is 5.41 Å². The zero-order chi connectivity index (χ0) is 12.2. The van der Waals surface area contributed by atoms with Crippen molar-refractivity contribution >= 4 is 18.1 Å². The first-order valence-electron chi connectivity index (χ1n) is 4.90. The number of carbonyl (C=O) groups excluding carboxylic acids is 3. The number of hydrogen-bond donors (Lipinski definition) is 2. The quantitative estimate of drug-likeness (QED) is 0.639. The Kier molecular flexibility index (Phi) is 3.60. The predicted molar refractivity (Wildman–Crippen MR) is 58.2 cm³/mol. The summed E-state index contributed by atoms with van der Waals surface area (Å²) in [6, 6.07) is 0. The fourth-order valence-electron chi connectivity index (χ4n) is 1.55. The Morgan fingerprint density at radius 1 is 1.62 bits per heavy atom. The van der Waals surface area contributed by atoms with Gasteiger partial charge in [0.05, 0.1) is 12.0 Å². The standard InChI is InChI=1S/C11H14N2O3/c1-11(10(16)13-5-6-14)4-2-3-8(7-11)9(12)15/h2-4,6H,5,7H2,1H3,(H2,12,15)(H,13,16). The van der Waals surface area contributed by atoms with E-state index in [-0.39, 0.29) is 18.9 Å². The van der Waals surface area contributed by atoms with E-state index in [4.69, 9.17) is 5.73 Å². The van der Waals surface area contributed by atoms with E-state index in [1.165, 1.54) is 0 Å². The zero-order valence-electron chi connectivity index (χ0n) is 9.03. The molecule has 5 heteroatoms. The maximum absolute atomic E-state index is 11.7. The molecule has 0 aliphatic heterocycles. The van der Waals surface area contributed by atoms with E-state index in [0.29, 0.717) is 11.9 Å². The van der Waals surface area contributed by atoms with Gasteiger partial charge in [-0.2, -0.15) is 0 Å². The Morgan fingerprint density at radius 3 is 2.88 bits per heavy atom. The summed E-state index contributed by atoms with van der Waals surface area (Å²) in [6.07, 6.45) is 5.78. The number of rotatable bonds is 4. The highest BCUT2D eigenvalue weighted by Gasteiger charge is 2.33. The molecule has 0 heterocycles. The van der Waals surface area contributed by atoms with Crippen LogP contribution in [0.4, 0.5) is 0 Å². The lowest BCUT2D eigenvalue weighted by atomic mass is 9.79. The summed E-state index contributed by atoms with van der Waals surface area (Å²) >= 11 is 0. The summed E-state index contributed by atoms with van der Waals surface area (Å²) in [7, 11) is 0. The number of primary amides is 1. The van der Waals surface area contributed by atoms with Crippen molar-refractivity contribution in [2.24, 2.45) is 11.1 Å². The van der Waals surface area contributed by atoms with Gasteiger partial charge in [-0.05, 0) is 13.3 Å². The number of amides is 2. The molecule has 0 aromatic carbocycles. The average molecular weight is 222 g/mol. The van der Waals surface area contributed by atoms with Gasteiger partial charge in [-0.15, -0.1) is 0 Å². The molecule has 16 heavy (non-hydrogen) atoms. The van der Waals surface area contributed by atoms with E-state index < -0.39 is 11.3 Å². The molecular weight excluding hydrogens is 208 g/mol. The van der Waals surface area contributed by atoms with Gasteiger partial charge in [0, 0.05) is 5.57 Å². The molecule has 0 spiro atoms. The highest BCUT2D eigenvalue weighted by molar-refractivity contribution is 5.95. The fraction of sp³-hybridized carbons (Fsp3) is 0.364. The third-order valence-electron chi connectivity index (χ3n) is 2.50. The van der Waals surface area contributed by atoms with Crippen molar-refractivity contribution in [1.82, 2.24) is 5.32 Å². The molecule has 1 aliphatic carbocycles. The third-order valence-corrected chi connectivity index (χ3v) is 2.50. The van der Waals surface area contributed by atoms with Crippen molar-refractivity contribution in [2.45, 2.75) is 13.3 Å². The first-order chi connectivity index (χ1) is 7.49. The molecule has 2 amide bonds. The van der Waals surface area contributed by atoms with Crippen molar-refractivity contribution in [2.75, 3.05) is 6.54 Å². The second kappa shape index (κ2) is 4.74. The summed E-state index contributed by atoms with van der Waals surface area (Å²) in [4.78, 5) is 32.9. The molecule has 1 unspecified atom stereocenters. The molecule has 3 N–H and O–H groups in total. The molecule has 0 fully saturated rings. The monoisotopic (exact) mass is 222 g/mol. The van der Waals surface area contributed by atoms with Crippen molar-refractivity contribution in [3.63, 3.8) is 0 Å². The van der Waals surface area contributed by atoms with Crippen molar-refractivity contribution in [1.29, 1.82) is 0 Å². The average Bonchev–Trinajstić information content (AvgIpc) is 2.25. The van der Waals surface area contributed by atoms with E-state index in [0.717, 1.165) is 0 Å². The van der Waals surface area contributed by atoms with Crippen LogP contribution >= 0.6 is 0 Å². The molecule has 0 radical (unpaired) electrons. The Bertz CT molecular complexity index is 385. The smallest absolute Gasteiger partial charge is 0.244 e. The number of carbonyl (C=O) groups is 3. The van der Waals surface area contributed by atoms with Crippen molar-refractivity contribution in [3.8, 4) is 0 Å². The van der Waals surface area contributed by atoms with E-state index in [1.54, 1.807) is 25.2 Å². The molecule has 0 aromatic heterocycles. The summed E-state index contributed by atoms with van der Waals surface area (Å²) in [5, 5.41) is 2.46. The Labute approximate surface area is 93.4 Å². The van der Waals surface area contributed by atoms with Gasteiger partial charge in [0.15, 0.2) is 0 Å². The number of nitrogens with one attached hydrogen (secondary N) is 1. The van der Waals surface area contributed by atoms with Crippen LogP contribution in [0.5, 0.6) is 0 Å². The number of aldehydes is 1. The first-order valence-corrected chi connectivity index (χ1v) is 4.90. The van der Waals surface area contributed by atoms with Crippen molar-refractivity contribution in [3.05, 3.63) is 23.8 Å². The second-order valence-corrected chi connectivity index (χ2v) is 3.89. The van der Waals surface area contributed by atoms with Gasteiger partial charge in [0.2, 0.25) is 11.8 Å². The Hall–Kier alpha value is -1.91. The highest BCUT2D eigenvalue weighted by atomic mass is 16.2. The Morgan fingerprint density at radius 2 is 2.31 bits per heavy atom. The van der Waals surface area contributed by atoms with E-state index in [2.05, 4.69) is 5.32 Å². The van der Waals surface area contributed by atoms with Gasteiger partial charge in [0.25, 0.3) is 0 Å². The molecule has 1 aliphatic rings. The van der Waals surface area contributed by atoms with Gasteiger partial charge in [-0.3, -0.25) is 9.59 Å². The van der Waals surface area contributed by atoms with Crippen LogP contribution in [0.3, 0.4) is 0 Å². The van der Waals surface area contributed by atoms with Crippen molar-refractivity contribution < 1.29 is 14.4 Å². The summed E-state index contributed by atoms with van der Waals surface area (Å²) < 4.78 is 0. The SMILES string of the molecule is CC1(C(=O)NCC=O)C=CC=C(C(N)=O)C1. The lowest BCUT2D eigenvalue weighted by Crippen LogP contribution is -2.40. The van der Waals surface area contributed by atoms with Crippen LogP contribution in [-0.4, -0.2) is 24.6 Å². The fourth-order valence-corrected chi connectivity index (χ4v) is 1.55. The molecule has 1 rings (SSSR count). The van der Waals surface area contributed by atoms with Gasteiger partial charge in [0.1, 0.15) is 6.29 Å². The van der Waals surface area contributed by atoms with Gasteiger partial charge in [-0.1, -0.05) is 18.2 Å². The van der Waals surface area contributed by atoms with E-state index in [1.807, 2.05) is 0 Å². The minimum atomic E-state index is -0.817. The summed E-state index contributed by atoms with van der Waals surface area (Å²) in [5.74, 6) is -0.818. The third kappa shape index (κ3) is 2.56. The topological polar surface area (TPSA) is 89.3 Å². The second-order valence-electron chi connectivity index (χ2n) is 3.89. The Balaban J connectivity index is 2.77. The minimum absolute atomic E-state index is 0.0299. The molecule has 5 nitrogen and oxygen atoms in total. The number of allylic oxidation sites excluding steroid dienone is 2. The lowest BCUT2D eigenvalue weighted by molar-refractivity contribution is -0.129. The highest BCUT2D eigenvalue weighted by Crippen LogP contribution is 2.31. The van der Waals surface area contributed by atoms with Gasteiger partial charge >= 0.3 is 0 Å². The maximum Gasteiger partial charge on any atom is 0.244 e. The zero-order valence-corrected chi connectivity index (χ0v) is 9.03. The first kappa shape index (κ1) is 12.2. The number of nitrogens with two attached hydrogens (primary N) is 1. The molecule has 0 aromatic rings. The van der Waals surface area contributed by atoms with Gasteiger partial charge < -0.3 is 15.8 Å². The van der Waals surface area contributed by atoms with Crippen LogP contribution in [0.15, 0.2) is 23.8 Å². The molecule has 0 saturated carbocycles. The lowest BCUT2D eigenvalue weighted by Gasteiger charge is -2.27. The van der Waals surface area contributed by atoms with Gasteiger partial charge in [-0.25, -0.2) is 0 Å². The molecule has 1 atom stereocenters. The largest absolute Gasteiger partial charge is 0.366 e. The molecule has 0 bridgehead atoms. The summed E-state index contributed by atoms with van der Waals surface area (Å²) in [6.45, 7) is 1.66. The summed E-state index contributed by atoms with van der Waals surface area (Å²) in [5.41, 5.74) is 4.75. The minimum Gasteiger partial charge on any atom is -0.366 e. The van der Waals surface area contributed by atoms with E-state index in [9.17, 15) is 14.4 Å². The molecule has 86 valence electrons. The number of hydrogen-bond acceptors (Lipinski definition) is 3. The normalized spacial score (nSPS) is 23.4. The van der Waals surface area contributed by atoms with Crippen LogP contribution in [0.25, 0.3) is 0 Å². The van der Waals surface area contributed by atoms with Crippen LogP contribution in [-0.2, 0) is 14.4 Å².